The Labute approximate surface area is 127 Å². The van der Waals surface area contributed by atoms with Gasteiger partial charge in [0.2, 0.25) is 11.8 Å². The van der Waals surface area contributed by atoms with Crippen LogP contribution in [0.4, 0.5) is 11.4 Å². The van der Waals surface area contributed by atoms with Gasteiger partial charge in [-0.2, -0.15) is 0 Å². The zero-order valence-corrected chi connectivity index (χ0v) is 12.7. The van der Waals surface area contributed by atoms with E-state index < -0.39 is 6.04 Å². The van der Waals surface area contributed by atoms with Gasteiger partial charge in [-0.15, -0.1) is 11.8 Å². The number of hydrogen-bond acceptors (Lipinski definition) is 5. The Morgan fingerprint density at radius 2 is 2.38 bits per heavy atom. The molecule has 1 aromatic rings. The summed E-state index contributed by atoms with van der Waals surface area (Å²) in [6, 6.07) is 4.87. The highest BCUT2D eigenvalue weighted by atomic mass is 32.2. The van der Waals surface area contributed by atoms with Crippen molar-refractivity contribution in [3.8, 4) is 0 Å². The third-order valence-corrected chi connectivity index (χ3v) is 4.15. The summed E-state index contributed by atoms with van der Waals surface area (Å²) in [7, 11) is 1.62. The molecule has 2 amide bonds. The van der Waals surface area contributed by atoms with Crippen LogP contribution in [0.5, 0.6) is 0 Å². The van der Waals surface area contributed by atoms with Crippen molar-refractivity contribution in [2.24, 2.45) is 5.73 Å². The van der Waals surface area contributed by atoms with Gasteiger partial charge in [-0.25, -0.2) is 0 Å². The van der Waals surface area contributed by atoms with E-state index >= 15 is 0 Å². The Morgan fingerprint density at radius 3 is 3.14 bits per heavy atom. The number of methoxy groups -OCH3 is 1. The number of carbonyl (C=O) groups is 2. The second kappa shape index (κ2) is 7.44. The first kappa shape index (κ1) is 15.8. The van der Waals surface area contributed by atoms with E-state index in [0.717, 1.165) is 17.0 Å². The molecular formula is C14H19N3O3S. The number of benzene rings is 1. The summed E-state index contributed by atoms with van der Waals surface area (Å²) in [4.78, 5) is 24.3. The van der Waals surface area contributed by atoms with Crippen LogP contribution >= 0.6 is 11.8 Å². The van der Waals surface area contributed by atoms with Crippen molar-refractivity contribution in [3.05, 3.63) is 18.2 Å². The van der Waals surface area contributed by atoms with Gasteiger partial charge >= 0.3 is 0 Å². The lowest BCUT2D eigenvalue weighted by molar-refractivity contribution is -0.117. The van der Waals surface area contributed by atoms with Crippen LogP contribution in [0.25, 0.3) is 0 Å². The highest BCUT2D eigenvalue weighted by molar-refractivity contribution is 8.00. The van der Waals surface area contributed by atoms with Crippen LogP contribution in [0, 0.1) is 0 Å². The molecule has 0 saturated heterocycles. The van der Waals surface area contributed by atoms with Crippen molar-refractivity contribution >= 4 is 35.0 Å². The number of ether oxygens (including phenoxy) is 1. The molecule has 114 valence electrons. The fraction of sp³-hybridized carbons (Fsp3) is 0.429. The standard InChI is InChI=1S/C14H19N3O3S/c1-20-6-2-3-10(15)14(19)16-9-4-5-12-11(7-9)17-13(18)8-21-12/h4-5,7,10H,2-3,6,8,15H2,1H3,(H,16,19)(H,17,18). The average Bonchev–Trinajstić information content (AvgIpc) is 2.46. The molecule has 0 spiro atoms. The quantitative estimate of drug-likeness (QED) is 0.691. The van der Waals surface area contributed by atoms with Crippen LogP contribution in [0.2, 0.25) is 0 Å². The first-order chi connectivity index (χ1) is 10.1. The third-order valence-electron chi connectivity index (χ3n) is 3.08. The van der Waals surface area contributed by atoms with Crippen molar-refractivity contribution in [1.29, 1.82) is 0 Å². The molecule has 1 aliphatic heterocycles. The zero-order valence-electron chi connectivity index (χ0n) is 11.8. The summed E-state index contributed by atoms with van der Waals surface area (Å²) in [6.45, 7) is 0.586. The lowest BCUT2D eigenvalue weighted by Crippen LogP contribution is -2.35. The summed E-state index contributed by atoms with van der Waals surface area (Å²) in [5, 5.41) is 5.55. The average molecular weight is 309 g/mol. The van der Waals surface area contributed by atoms with Crippen LogP contribution in [0.1, 0.15) is 12.8 Å². The molecule has 0 bridgehead atoms. The molecule has 1 aromatic carbocycles. The molecule has 1 aliphatic rings. The van der Waals surface area contributed by atoms with Gasteiger partial charge in [0.15, 0.2) is 0 Å². The van der Waals surface area contributed by atoms with Crippen LogP contribution in [-0.4, -0.2) is 37.3 Å². The number of nitrogens with two attached hydrogens (primary N) is 1. The minimum absolute atomic E-state index is 0.0350. The van der Waals surface area contributed by atoms with Crippen molar-refractivity contribution in [1.82, 2.24) is 0 Å². The topological polar surface area (TPSA) is 93.4 Å². The van der Waals surface area contributed by atoms with E-state index in [1.165, 1.54) is 11.8 Å². The second-order valence-electron chi connectivity index (χ2n) is 4.78. The summed E-state index contributed by atoms with van der Waals surface area (Å²) in [6.07, 6.45) is 1.30. The first-order valence-corrected chi connectivity index (χ1v) is 7.71. The molecule has 0 saturated carbocycles. The maximum atomic E-state index is 12.0. The Balaban J connectivity index is 1.95. The van der Waals surface area contributed by atoms with Gasteiger partial charge in [0.05, 0.1) is 17.5 Å². The predicted molar refractivity (Wildman–Crippen MR) is 83.5 cm³/mol. The van der Waals surface area contributed by atoms with Gasteiger partial charge in [-0.05, 0) is 31.0 Å². The number of nitrogens with one attached hydrogen (secondary N) is 2. The molecule has 21 heavy (non-hydrogen) atoms. The number of carbonyl (C=O) groups excluding carboxylic acids is 2. The maximum absolute atomic E-state index is 12.0. The number of amides is 2. The van der Waals surface area contributed by atoms with Gasteiger partial charge < -0.3 is 21.1 Å². The lowest BCUT2D eigenvalue weighted by Gasteiger charge is -2.18. The minimum Gasteiger partial charge on any atom is -0.385 e. The number of thioether (sulfide) groups is 1. The SMILES string of the molecule is COCCCC(N)C(=O)Nc1ccc2c(c1)NC(=O)CS2. The fourth-order valence-corrected chi connectivity index (χ4v) is 2.76. The number of fused-ring (bicyclic) bond motifs is 1. The van der Waals surface area contributed by atoms with Gasteiger partial charge in [0, 0.05) is 24.3 Å². The monoisotopic (exact) mass is 309 g/mol. The van der Waals surface area contributed by atoms with Gasteiger partial charge in [-0.3, -0.25) is 9.59 Å². The van der Waals surface area contributed by atoms with Crippen LogP contribution in [0.15, 0.2) is 23.1 Å². The minimum atomic E-state index is -0.569. The van der Waals surface area contributed by atoms with E-state index in [-0.39, 0.29) is 11.8 Å². The Bertz CT molecular complexity index is 536. The van der Waals surface area contributed by atoms with E-state index in [1.54, 1.807) is 13.2 Å². The maximum Gasteiger partial charge on any atom is 0.241 e. The number of anilines is 2. The summed E-state index contributed by atoms with van der Waals surface area (Å²) in [5.41, 5.74) is 7.18. The molecule has 0 fully saturated rings. The Morgan fingerprint density at radius 1 is 1.57 bits per heavy atom. The summed E-state index contributed by atoms with van der Waals surface area (Å²) < 4.78 is 4.93. The zero-order chi connectivity index (χ0) is 15.2. The fourth-order valence-electron chi connectivity index (χ4n) is 1.97. The molecule has 6 nitrogen and oxygen atoms in total. The Hall–Kier alpha value is -1.57. The van der Waals surface area contributed by atoms with E-state index in [1.807, 2.05) is 12.1 Å². The number of hydrogen-bond donors (Lipinski definition) is 3. The molecule has 0 radical (unpaired) electrons. The van der Waals surface area contributed by atoms with E-state index in [4.69, 9.17) is 10.5 Å². The molecule has 1 atom stereocenters. The molecule has 1 heterocycles. The van der Waals surface area contributed by atoms with E-state index in [2.05, 4.69) is 10.6 Å². The van der Waals surface area contributed by atoms with Gasteiger partial charge in [0.1, 0.15) is 0 Å². The summed E-state index contributed by atoms with van der Waals surface area (Å²) in [5.74, 6) is 0.149. The van der Waals surface area contributed by atoms with Crippen molar-refractivity contribution in [2.45, 2.75) is 23.8 Å². The lowest BCUT2D eigenvalue weighted by atomic mass is 10.1. The van der Waals surface area contributed by atoms with Crippen LogP contribution < -0.4 is 16.4 Å². The second-order valence-corrected chi connectivity index (χ2v) is 5.80. The molecule has 4 N–H and O–H groups in total. The van der Waals surface area contributed by atoms with Crippen molar-refractivity contribution in [2.75, 3.05) is 30.1 Å². The van der Waals surface area contributed by atoms with Crippen molar-refractivity contribution in [3.63, 3.8) is 0 Å². The molecule has 1 unspecified atom stereocenters. The Kier molecular flexibility index (Phi) is 5.60. The van der Waals surface area contributed by atoms with Crippen LogP contribution in [0.3, 0.4) is 0 Å². The molecule has 2 rings (SSSR count). The van der Waals surface area contributed by atoms with E-state index in [0.29, 0.717) is 24.5 Å². The van der Waals surface area contributed by atoms with Gasteiger partial charge in [0.25, 0.3) is 0 Å². The largest absolute Gasteiger partial charge is 0.385 e. The number of rotatable bonds is 6. The highest BCUT2D eigenvalue weighted by Gasteiger charge is 2.17. The normalized spacial score (nSPS) is 15.0. The van der Waals surface area contributed by atoms with Gasteiger partial charge in [-0.1, -0.05) is 0 Å². The highest BCUT2D eigenvalue weighted by Crippen LogP contribution is 2.33. The van der Waals surface area contributed by atoms with E-state index in [9.17, 15) is 9.59 Å². The van der Waals surface area contributed by atoms with Crippen LogP contribution in [-0.2, 0) is 14.3 Å². The predicted octanol–water partition coefficient (Wildman–Crippen LogP) is 1.42. The molecule has 0 aromatic heterocycles. The van der Waals surface area contributed by atoms with Crippen molar-refractivity contribution < 1.29 is 14.3 Å². The molecule has 0 aliphatic carbocycles. The summed E-state index contributed by atoms with van der Waals surface area (Å²) >= 11 is 1.48. The first-order valence-electron chi connectivity index (χ1n) is 6.72. The smallest absolute Gasteiger partial charge is 0.241 e. The molecular weight excluding hydrogens is 290 g/mol. The molecule has 7 heteroatoms. The third kappa shape index (κ3) is 4.45.